The van der Waals surface area contributed by atoms with Crippen molar-refractivity contribution in [1.82, 2.24) is 0 Å². The molecule has 0 heterocycles. The minimum atomic E-state index is -1.02. The normalized spacial score (nSPS) is 22.3. The molecule has 1 aromatic rings. The van der Waals surface area contributed by atoms with Gasteiger partial charge in [-0.25, -0.2) is 4.79 Å². The van der Waals surface area contributed by atoms with Crippen molar-refractivity contribution in [3.05, 3.63) is 23.3 Å². The van der Waals surface area contributed by atoms with E-state index in [2.05, 4.69) is 5.32 Å². The smallest absolute Gasteiger partial charge is 0.337 e. The van der Waals surface area contributed by atoms with Gasteiger partial charge in [0.1, 0.15) is 0 Å². The third-order valence-corrected chi connectivity index (χ3v) is 3.42. The number of hydrogen-bond donors (Lipinski definition) is 4. The summed E-state index contributed by atoms with van der Waals surface area (Å²) in [4.78, 5) is 11.0. The number of aliphatic hydroxyl groups is 1. The van der Waals surface area contributed by atoms with E-state index in [4.69, 9.17) is 10.8 Å². The Morgan fingerprint density at radius 2 is 2.17 bits per heavy atom. The zero-order valence-electron chi connectivity index (χ0n) is 10.3. The van der Waals surface area contributed by atoms with Crippen LogP contribution >= 0.6 is 0 Å². The number of aromatic carboxylic acids is 1. The van der Waals surface area contributed by atoms with Gasteiger partial charge >= 0.3 is 5.97 Å². The molecule has 5 N–H and O–H groups in total. The van der Waals surface area contributed by atoms with Crippen molar-refractivity contribution in [2.45, 2.75) is 25.9 Å². The van der Waals surface area contributed by atoms with Gasteiger partial charge in [0, 0.05) is 17.9 Å². The Labute approximate surface area is 106 Å². The minimum absolute atomic E-state index is 0.131. The maximum atomic E-state index is 11.0. The van der Waals surface area contributed by atoms with Crippen molar-refractivity contribution in [1.29, 1.82) is 0 Å². The Kier molecular flexibility index (Phi) is 3.43. The SMILES string of the molecule is Cc1cc(NCC2CC(O)C2)cc(C(=O)O)c1N. The van der Waals surface area contributed by atoms with Gasteiger partial charge in [0.2, 0.25) is 0 Å². The quantitative estimate of drug-likeness (QED) is 0.607. The molecule has 1 saturated carbocycles. The molecule has 5 heteroatoms. The van der Waals surface area contributed by atoms with Crippen LogP contribution in [0.5, 0.6) is 0 Å². The fourth-order valence-electron chi connectivity index (χ4n) is 2.21. The van der Waals surface area contributed by atoms with Gasteiger partial charge in [0.15, 0.2) is 0 Å². The molecular formula is C13H18N2O3. The summed E-state index contributed by atoms with van der Waals surface area (Å²) >= 11 is 0. The molecule has 5 nitrogen and oxygen atoms in total. The lowest BCUT2D eigenvalue weighted by molar-refractivity contribution is 0.0487. The summed E-state index contributed by atoms with van der Waals surface area (Å²) in [6.45, 7) is 2.54. The Bertz CT molecular complexity index is 468. The predicted octanol–water partition coefficient (Wildman–Crippen LogP) is 1.46. The van der Waals surface area contributed by atoms with Crippen LogP contribution in [0.15, 0.2) is 12.1 Å². The molecule has 0 spiro atoms. The van der Waals surface area contributed by atoms with Crippen molar-refractivity contribution in [3.8, 4) is 0 Å². The molecule has 0 aliphatic heterocycles. The molecule has 1 aliphatic carbocycles. The van der Waals surface area contributed by atoms with Gasteiger partial charge in [-0.2, -0.15) is 0 Å². The average Bonchev–Trinajstić information content (AvgIpc) is 2.26. The highest BCUT2D eigenvalue weighted by Crippen LogP contribution is 2.28. The number of nitrogens with two attached hydrogens (primary N) is 1. The number of rotatable bonds is 4. The summed E-state index contributed by atoms with van der Waals surface area (Å²) in [5.74, 6) is -0.551. The number of aryl methyl sites for hydroxylation is 1. The van der Waals surface area contributed by atoms with Crippen LogP contribution in [-0.4, -0.2) is 28.8 Å². The second kappa shape index (κ2) is 4.86. The molecule has 1 aromatic carbocycles. The number of hydrogen-bond acceptors (Lipinski definition) is 4. The minimum Gasteiger partial charge on any atom is -0.478 e. The Morgan fingerprint density at radius 3 is 2.72 bits per heavy atom. The lowest BCUT2D eigenvalue weighted by atomic mass is 9.82. The van der Waals surface area contributed by atoms with Crippen LogP contribution in [0, 0.1) is 12.8 Å². The molecule has 1 fully saturated rings. The third-order valence-electron chi connectivity index (χ3n) is 3.42. The van der Waals surface area contributed by atoms with Crippen LogP contribution in [0.3, 0.4) is 0 Å². The van der Waals surface area contributed by atoms with Gasteiger partial charge in [0.05, 0.1) is 11.7 Å². The van der Waals surface area contributed by atoms with E-state index >= 15 is 0 Å². The van der Waals surface area contributed by atoms with E-state index in [1.165, 1.54) is 0 Å². The summed E-state index contributed by atoms with van der Waals surface area (Å²) < 4.78 is 0. The van der Waals surface area contributed by atoms with Crippen LogP contribution in [0.25, 0.3) is 0 Å². The first-order valence-corrected chi connectivity index (χ1v) is 6.02. The lowest BCUT2D eigenvalue weighted by Gasteiger charge is -2.31. The second-order valence-corrected chi connectivity index (χ2v) is 4.93. The summed E-state index contributed by atoms with van der Waals surface area (Å²) in [7, 11) is 0. The highest BCUT2D eigenvalue weighted by Gasteiger charge is 2.26. The Morgan fingerprint density at radius 1 is 1.50 bits per heavy atom. The maximum absolute atomic E-state index is 11.0. The van der Waals surface area contributed by atoms with Crippen LogP contribution in [0.2, 0.25) is 0 Å². The summed E-state index contributed by atoms with van der Waals surface area (Å²) in [5, 5.41) is 21.4. The molecule has 1 aliphatic rings. The average molecular weight is 250 g/mol. The van der Waals surface area contributed by atoms with E-state index in [0.29, 0.717) is 11.6 Å². The van der Waals surface area contributed by atoms with E-state index in [9.17, 15) is 9.90 Å². The van der Waals surface area contributed by atoms with Crippen LogP contribution in [-0.2, 0) is 0 Å². The van der Waals surface area contributed by atoms with Gasteiger partial charge in [0.25, 0.3) is 0 Å². The van der Waals surface area contributed by atoms with E-state index in [1.54, 1.807) is 13.0 Å². The number of carboxylic acid groups (broad SMARTS) is 1. The highest BCUT2D eigenvalue weighted by molar-refractivity contribution is 5.95. The number of nitrogens with one attached hydrogen (secondary N) is 1. The van der Waals surface area contributed by atoms with Crippen molar-refractivity contribution in [2.75, 3.05) is 17.6 Å². The van der Waals surface area contributed by atoms with Gasteiger partial charge in [-0.3, -0.25) is 0 Å². The molecule has 0 amide bonds. The zero-order valence-corrected chi connectivity index (χ0v) is 10.3. The van der Waals surface area contributed by atoms with Gasteiger partial charge in [-0.15, -0.1) is 0 Å². The number of carbonyl (C=O) groups is 1. The number of anilines is 2. The molecule has 2 rings (SSSR count). The summed E-state index contributed by atoms with van der Waals surface area (Å²) in [6, 6.07) is 3.40. The fraction of sp³-hybridized carbons (Fsp3) is 0.462. The fourth-order valence-corrected chi connectivity index (χ4v) is 2.21. The molecule has 98 valence electrons. The van der Waals surface area contributed by atoms with Crippen molar-refractivity contribution in [3.63, 3.8) is 0 Å². The van der Waals surface area contributed by atoms with E-state index in [0.717, 1.165) is 30.6 Å². The Balaban J connectivity index is 2.06. The van der Waals surface area contributed by atoms with Crippen LogP contribution < -0.4 is 11.1 Å². The van der Waals surface area contributed by atoms with E-state index in [1.807, 2.05) is 6.07 Å². The summed E-state index contributed by atoms with van der Waals surface area (Å²) in [6.07, 6.45) is 1.46. The molecular weight excluding hydrogens is 232 g/mol. The molecule has 0 radical (unpaired) electrons. The number of nitrogen functional groups attached to an aromatic ring is 1. The van der Waals surface area contributed by atoms with Crippen LogP contribution in [0.1, 0.15) is 28.8 Å². The van der Waals surface area contributed by atoms with Crippen molar-refractivity contribution in [2.24, 2.45) is 5.92 Å². The topological polar surface area (TPSA) is 95.6 Å². The first kappa shape index (κ1) is 12.7. The van der Waals surface area contributed by atoms with Crippen molar-refractivity contribution < 1.29 is 15.0 Å². The van der Waals surface area contributed by atoms with E-state index < -0.39 is 5.97 Å². The first-order chi connectivity index (χ1) is 8.47. The Hall–Kier alpha value is -1.75. The number of carboxylic acids is 1. The standard InChI is InChI=1S/C13H18N2O3/c1-7-2-9(5-11(12(7)14)13(17)18)15-6-8-3-10(16)4-8/h2,5,8,10,15-16H,3-4,6,14H2,1H3,(H,17,18). The largest absolute Gasteiger partial charge is 0.478 e. The monoisotopic (exact) mass is 250 g/mol. The molecule has 18 heavy (non-hydrogen) atoms. The van der Waals surface area contributed by atoms with Gasteiger partial charge in [-0.05, 0) is 43.4 Å². The van der Waals surface area contributed by atoms with Gasteiger partial charge in [-0.1, -0.05) is 0 Å². The molecule has 0 bridgehead atoms. The van der Waals surface area contributed by atoms with E-state index in [-0.39, 0.29) is 11.7 Å². The van der Waals surface area contributed by atoms with Crippen molar-refractivity contribution >= 4 is 17.3 Å². The summed E-state index contributed by atoms with van der Waals surface area (Å²) in [5.41, 5.74) is 7.69. The molecule has 0 saturated heterocycles. The second-order valence-electron chi connectivity index (χ2n) is 4.93. The molecule has 0 unspecified atom stereocenters. The highest BCUT2D eigenvalue weighted by atomic mass is 16.4. The van der Waals surface area contributed by atoms with Gasteiger partial charge < -0.3 is 21.3 Å². The maximum Gasteiger partial charge on any atom is 0.337 e. The first-order valence-electron chi connectivity index (χ1n) is 6.02. The zero-order chi connectivity index (χ0) is 13.3. The third kappa shape index (κ3) is 2.56. The molecule has 0 atom stereocenters. The number of aliphatic hydroxyl groups excluding tert-OH is 1. The molecule has 0 aromatic heterocycles. The lowest BCUT2D eigenvalue weighted by Crippen LogP contribution is -2.33. The number of benzene rings is 1. The predicted molar refractivity (Wildman–Crippen MR) is 69.8 cm³/mol. The van der Waals surface area contributed by atoms with Crippen LogP contribution in [0.4, 0.5) is 11.4 Å².